The quantitative estimate of drug-likeness (QED) is 0.729. The summed E-state index contributed by atoms with van der Waals surface area (Å²) >= 11 is 0. The summed E-state index contributed by atoms with van der Waals surface area (Å²) in [5.74, 6) is 0.236. The maximum atomic E-state index is 12.1. The molecule has 0 aromatic carbocycles. The Balaban J connectivity index is 0. The van der Waals surface area contributed by atoms with E-state index in [1.807, 2.05) is 0 Å². The minimum absolute atomic E-state index is 0. The first-order valence-electron chi connectivity index (χ1n) is 7.80. The molecule has 1 amide bonds. The first-order chi connectivity index (χ1) is 9.43. The van der Waals surface area contributed by atoms with E-state index in [0.717, 1.165) is 32.6 Å². The van der Waals surface area contributed by atoms with E-state index in [1.165, 1.54) is 0 Å². The molecular weight excluding hydrogens is 325 g/mol. The third-order valence-corrected chi connectivity index (χ3v) is 4.07. The number of carbonyl (C=O) groups is 1. The van der Waals surface area contributed by atoms with Gasteiger partial charge in [0.25, 0.3) is 0 Å². The van der Waals surface area contributed by atoms with Crippen molar-refractivity contribution in [2.45, 2.75) is 58.7 Å². The molecule has 0 aromatic heterocycles. The SMILES string of the molecule is CC(C)N(CCNC(=O)C(N)C1CCOCC1)C(C)C.Cl.Cl. The van der Waals surface area contributed by atoms with E-state index in [0.29, 0.717) is 18.6 Å². The highest BCUT2D eigenvalue weighted by Crippen LogP contribution is 2.17. The fourth-order valence-electron chi connectivity index (χ4n) is 2.83. The van der Waals surface area contributed by atoms with Crippen molar-refractivity contribution in [1.82, 2.24) is 10.2 Å². The van der Waals surface area contributed by atoms with E-state index < -0.39 is 6.04 Å². The number of hydrogen-bond acceptors (Lipinski definition) is 4. The highest BCUT2D eigenvalue weighted by Gasteiger charge is 2.26. The van der Waals surface area contributed by atoms with Crippen LogP contribution in [-0.4, -0.2) is 55.2 Å². The first kappa shape index (κ1) is 24.2. The van der Waals surface area contributed by atoms with Crippen LogP contribution in [-0.2, 0) is 9.53 Å². The van der Waals surface area contributed by atoms with E-state index in [1.54, 1.807) is 0 Å². The molecule has 1 aliphatic heterocycles. The summed E-state index contributed by atoms with van der Waals surface area (Å²) in [4.78, 5) is 14.4. The Hall–Kier alpha value is -0.0700. The van der Waals surface area contributed by atoms with Gasteiger partial charge in [0.05, 0.1) is 6.04 Å². The topological polar surface area (TPSA) is 67.6 Å². The van der Waals surface area contributed by atoms with Crippen LogP contribution in [0, 0.1) is 5.92 Å². The number of nitrogens with zero attached hydrogens (tertiary/aromatic N) is 1. The van der Waals surface area contributed by atoms with Crippen molar-refractivity contribution < 1.29 is 9.53 Å². The van der Waals surface area contributed by atoms with Crippen LogP contribution in [0.2, 0.25) is 0 Å². The van der Waals surface area contributed by atoms with Crippen LogP contribution in [0.5, 0.6) is 0 Å². The number of amides is 1. The van der Waals surface area contributed by atoms with E-state index in [4.69, 9.17) is 10.5 Å². The minimum atomic E-state index is -0.398. The molecule has 0 aliphatic carbocycles. The summed E-state index contributed by atoms with van der Waals surface area (Å²) in [5.41, 5.74) is 6.05. The van der Waals surface area contributed by atoms with Crippen LogP contribution in [0.3, 0.4) is 0 Å². The Morgan fingerprint density at radius 3 is 2.14 bits per heavy atom. The lowest BCUT2D eigenvalue weighted by atomic mass is 9.92. The summed E-state index contributed by atoms with van der Waals surface area (Å²) < 4.78 is 5.30. The number of ether oxygens (including phenoxy) is 1. The second-order valence-corrected chi connectivity index (χ2v) is 6.19. The van der Waals surface area contributed by atoms with E-state index in [2.05, 4.69) is 37.9 Å². The third-order valence-electron chi connectivity index (χ3n) is 4.07. The van der Waals surface area contributed by atoms with Gasteiger partial charge in [-0.15, -0.1) is 24.8 Å². The molecule has 1 aliphatic rings. The predicted octanol–water partition coefficient (Wildman–Crippen LogP) is 1.82. The van der Waals surface area contributed by atoms with Gasteiger partial charge in [-0.05, 0) is 46.5 Å². The van der Waals surface area contributed by atoms with Gasteiger partial charge in [0.1, 0.15) is 0 Å². The fraction of sp³-hybridized carbons (Fsp3) is 0.933. The van der Waals surface area contributed by atoms with E-state index in [-0.39, 0.29) is 36.6 Å². The molecule has 1 fully saturated rings. The van der Waals surface area contributed by atoms with E-state index in [9.17, 15) is 4.79 Å². The highest BCUT2D eigenvalue weighted by molar-refractivity contribution is 5.85. The van der Waals surface area contributed by atoms with Crippen LogP contribution < -0.4 is 11.1 Å². The van der Waals surface area contributed by atoms with Gasteiger partial charge in [-0.25, -0.2) is 0 Å². The van der Waals surface area contributed by atoms with Gasteiger partial charge in [-0.2, -0.15) is 0 Å². The molecule has 134 valence electrons. The minimum Gasteiger partial charge on any atom is -0.381 e. The van der Waals surface area contributed by atoms with Crippen LogP contribution in [0.1, 0.15) is 40.5 Å². The molecule has 3 N–H and O–H groups in total. The second kappa shape index (κ2) is 12.4. The Bertz CT molecular complexity index is 291. The zero-order valence-electron chi connectivity index (χ0n) is 14.2. The van der Waals surface area contributed by atoms with Gasteiger partial charge >= 0.3 is 0 Å². The molecule has 0 saturated carbocycles. The Labute approximate surface area is 147 Å². The number of rotatable bonds is 7. The lowest BCUT2D eigenvalue weighted by molar-refractivity contribution is -0.124. The average molecular weight is 358 g/mol. The smallest absolute Gasteiger partial charge is 0.237 e. The molecule has 0 bridgehead atoms. The van der Waals surface area contributed by atoms with Crippen LogP contribution in [0.4, 0.5) is 0 Å². The lowest BCUT2D eigenvalue weighted by Gasteiger charge is -2.31. The van der Waals surface area contributed by atoms with Crippen molar-refractivity contribution in [3.05, 3.63) is 0 Å². The van der Waals surface area contributed by atoms with Gasteiger partial charge in [0, 0.05) is 38.4 Å². The van der Waals surface area contributed by atoms with Crippen LogP contribution in [0.25, 0.3) is 0 Å². The van der Waals surface area contributed by atoms with Crippen molar-refractivity contribution in [2.75, 3.05) is 26.3 Å². The Kier molecular flexibility index (Phi) is 13.6. The van der Waals surface area contributed by atoms with Crippen molar-refractivity contribution in [3.63, 3.8) is 0 Å². The monoisotopic (exact) mass is 357 g/mol. The predicted molar refractivity (Wildman–Crippen MR) is 96.0 cm³/mol. The van der Waals surface area contributed by atoms with Gasteiger partial charge in [-0.3, -0.25) is 9.69 Å². The zero-order chi connectivity index (χ0) is 15.1. The van der Waals surface area contributed by atoms with Crippen LogP contribution in [0.15, 0.2) is 0 Å². The lowest BCUT2D eigenvalue weighted by Crippen LogP contribution is -2.49. The highest BCUT2D eigenvalue weighted by atomic mass is 35.5. The number of hydrogen-bond donors (Lipinski definition) is 2. The summed E-state index contributed by atoms with van der Waals surface area (Å²) in [6.45, 7) is 11.7. The summed E-state index contributed by atoms with van der Waals surface area (Å²) in [6.07, 6.45) is 1.78. The van der Waals surface area contributed by atoms with E-state index >= 15 is 0 Å². The molecule has 1 saturated heterocycles. The second-order valence-electron chi connectivity index (χ2n) is 6.19. The summed E-state index contributed by atoms with van der Waals surface area (Å²) in [7, 11) is 0. The maximum Gasteiger partial charge on any atom is 0.237 e. The molecule has 1 heterocycles. The van der Waals surface area contributed by atoms with Crippen molar-refractivity contribution >= 4 is 30.7 Å². The molecule has 0 radical (unpaired) electrons. The van der Waals surface area contributed by atoms with Crippen LogP contribution >= 0.6 is 24.8 Å². The zero-order valence-corrected chi connectivity index (χ0v) is 15.8. The molecular formula is C15H33Cl2N3O2. The molecule has 7 heteroatoms. The van der Waals surface area contributed by atoms with Gasteiger partial charge < -0.3 is 15.8 Å². The first-order valence-corrected chi connectivity index (χ1v) is 7.80. The maximum absolute atomic E-state index is 12.1. The largest absolute Gasteiger partial charge is 0.381 e. The summed E-state index contributed by atoms with van der Waals surface area (Å²) in [6, 6.07) is 0.567. The molecule has 1 unspecified atom stereocenters. The number of halogens is 2. The summed E-state index contributed by atoms with van der Waals surface area (Å²) in [5, 5.41) is 2.97. The molecule has 22 heavy (non-hydrogen) atoms. The van der Waals surface area contributed by atoms with Crippen molar-refractivity contribution in [1.29, 1.82) is 0 Å². The van der Waals surface area contributed by atoms with Gasteiger partial charge in [0.2, 0.25) is 5.91 Å². The number of carbonyl (C=O) groups excluding carboxylic acids is 1. The Morgan fingerprint density at radius 1 is 1.18 bits per heavy atom. The molecule has 1 atom stereocenters. The molecule has 1 rings (SSSR count). The normalized spacial score (nSPS) is 17.1. The van der Waals surface area contributed by atoms with Gasteiger partial charge in [-0.1, -0.05) is 0 Å². The number of nitrogens with one attached hydrogen (secondary N) is 1. The van der Waals surface area contributed by atoms with Crippen molar-refractivity contribution in [2.24, 2.45) is 11.7 Å². The fourth-order valence-corrected chi connectivity index (χ4v) is 2.83. The molecule has 0 aromatic rings. The Morgan fingerprint density at radius 2 is 1.68 bits per heavy atom. The number of nitrogens with two attached hydrogens (primary N) is 1. The molecule has 0 spiro atoms. The average Bonchev–Trinajstić information content (AvgIpc) is 2.42. The third kappa shape index (κ3) is 7.97. The standard InChI is InChI=1S/C15H31N3O2.2ClH/c1-11(2)18(12(3)4)8-7-17-15(19)14(16)13-5-9-20-10-6-13;;/h11-14H,5-10,16H2,1-4H3,(H,17,19);2*1H. The molecule has 5 nitrogen and oxygen atoms in total. The van der Waals surface area contributed by atoms with Crippen molar-refractivity contribution in [3.8, 4) is 0 Å². The van der Waals surface area contributed by atoms with Gasteiger partial charge in [0.15, 0.2) is 0 Å².